The minimum absolute atomic E-state index is 0.0123. The Kier molecular flexibility index (Phi) is 6.46. The predicted octanol–water partition coefficient (Wildman–Crippen LogP) is 5.18. The molecule has 2 atom stereocenters. The quantitative estimate of drug-likeness (QED) is 0.388. The van der Waals surface area contributed by atoms with Crippen LogP contribution in [0.4, 0.5) is 0 Å². The van der Waals surface area contributed by atoms with Crippen molar-refractivity contribution in [1.82, 2.24) is 15.2 Å². The number of hydrogen-bond donors (Lipinski definition) is 1. The van der Waals surface area contributed by atoms with Crippen molar-refractivity contribution in [2.24, 2.45) is 0 Å². The van der Waals surface area contributed by atoms with E-state index in [4.69, 9.17) is 44.6 Å². The molecule has 1 saturated heterocycles. The van der Waals surface area contributed by atoms with E-state index >= 15 is 0 Å². The summed E-state index contributed by atoms with van der Waals surface area (Å²) in [5, 5.41) is 4.54. The van der Waals surface area contributed by atoms with Crippen molar-refractivity contribution in [3.8, 4) is 11.3 Å². The summed E-state index contributed by atoms with van der Waals surface area (Å²) in [5.41, 5.74) is 1.46. The van der Waals surface area contributed by atoms with Gasteiger partial charge < -0.3 is 19.4 Å². The zero-order valence-corrected chi connectivity index (χ0v) is 18.9. The molecule has 1 aliphatic heterocycles. The highest BCUT2D eigenvalue weighted by Crippen LogP contribution is 2.41. The van der Waals surface area contributed by atoms with Crippen LogP contribution in [0.15, 0.2) is 59.1 Å². The van der Waals surface area contributed by atoms with Crippen molar-refractivity contribution >= 4 is 46.5 Å². The molecule has 4 rings (SSSR count). The lowest BCUT2D eigenvalue weighted by Crippen LogP contribution is -2.35. The van der Waals surface area contributed by atoms with Crippen LogP contribution >= 0.6 is 35.4 Å². The average molecular weight is 476 g/mol. The molecular formula is C22H19Cl2N3O3S. The van der Waals surface area contributed by atoms with Crippen molar-refractivity contribution in [3.05, 3.63) is 76.2 Å². The molecule has 1 aromatic carbocycles. The van der Waals surface area contributed by atoms with Gasteiger partial charge in [0.15, 0.2) is 5.11 Å². The zero-order chi connectivity index (χ0) is 22.0. The van der Waals surface area contributed by atoms with Crippen molar-refractivity contribution in [3.63, 3.8) is 0 Å². The number of carbonyl (C=O) groups excluding carboxylic acids is 1. The number of furan rings is 1. The summed E-state index contributed by atoms with van der Waals surface area (Å²) in [7, 11) is 0. The van der Waals surface area contributed by atoms with Gasteiger partial charge in [0.25, 0.3) is 0 Å². The highest BCUT2D eigenvalue weighted by Gasteiger charge is 2.42. The van der Waals surface area contributed by atoms with E-state index in [1.165, 1.54) is 0 Å². The molecule has 1 fully saturated rings. The second-order valence-electron chi connectivity index (χ2n) is 6.86. The highest BCUT2D eigenvalue weighted by molar-refractivity contribution is 7.80. The van der Waals surface area contributed by atoms with Crippen molar-refractivity contribution in [2.45, 2.75) is 19.0 Å². The molecule has 0 spiro atoms. The largest absolute Gasteiger partial charge is 0.465 e. The third-order valence-electron chi connectivity index (χ3n) is 4.94. The number of pyridine rings is 1. The monoisotopic (exact) mass is 475 g/mol. The van der Waals surface area contributed by atoms with Crippen LogP contribution in [-0.4, -0.2) is 34.1 Å². The summed E-state index contributed by atoms with van der Waals surface area (Å²) in [5.74, 6) is 0.803. The van der Waals surface area contributed by atoms with Crippen LogP contribution in [0.25, 0.3) is 11.3 Å². The van der Waals surface area contributed by atoms with Crippen LogP contribution in [-0.2, 0) is 9.53 Å². The second kappa shape index (κ2) is 9.26. The summed E-state index contributed by atoms with van der Waals surface area (Å²) in [6, 6.07) is 14.0. The lowest BCUT2D eigenvalue weighted by Gasteiger charge is -2.25. The van der Waals surface area contributed by atoms with E-state index in [0.717, 1.165) is 5.69 Å². The minimum atomic E-state index is -0.404. The molecule has 31 heavy (non-hydrogen) atoms. The molecule has 0 unspecified atom stereocenters. The zero-order valence-electron chi connectivity index (χ0n) is 16.5. The molecule has 0 aliphatic carbocycles. The fraction of sp³-hybridized carbons (Fsp3) is 0.227. The molecule has 0 radical (unpaired) electrons. The van der Waals surface area contributed by atoms with E-state index in [0.29, 0.717) is 38.8 Å². The number of hydrogen-bond acceptors (Lipinski definition) is 5. The smallest absolute Gasteiger partial charge is 0.325 e. The standard InChI is InChI=1S/C22H19Cl2N3O3S/c1-2-29-18(28)12-27-21(20(26-22(27)31)15-8-3-4-11-25-15)17-10-9-16(30-17)13-6-5-7-14(23)19(13)24/h3-11,20-21H,2,12H2,1H3,(H,26,31)/t20-,21+/m1/s1. The van der Waals surface area contributed by atoms with E-state index in [-0.39, 0.29) is 18.6 Å². The summed E-state index contributed by atoms with van der Waals surface area (Å²) in [6.45, 7) is 2.04. The van der Waals surface area contributed by atoms with Gasteiger partial charge in [-0.3, -0.25) is 9.78 Å². The van der Waals surface area contributed by atoms with Gasteiger partial charge in [0.05, 0.1) is 28.4 Å². The summed E-state index contributed by atoms with van der Waals surface area (Å²) >= 11 is 18.1. The number of aromatic nitrogens is 1. The summed E-state index contributed by atoms with van der Waals surface area (Å²) in [6.07, 6.45) is 1.71. The number of nitrogens with zero attached hydrogens (tertiary/aromatic N) is 2. The average Bonchev–Trinajstić information content (AvgIpc) is 3.36. The summed E-state index contributed by atoms with van der Waals surface area (Å²) in [4.78, 5) is 18.5. The molecule has 3 aromatic rings. The number of ether oxygens (including phenoxy) is 1. The number of benzene rings is 1. The molecule has 0 bridgehead atoms. The molecule has 3 heterocycles. The van der Waals surface area contributed by atoms with Gasteiger partial charge >= 0.3 is 5.97 Å². The molecule has 0 saturated carbocycles. The minimum Gasteiger partial charge on any atom is -0.465 e. The first-order valence-corrected chi connectivity index (χ1v) is 10.8. The summed E-state index contributed by atoms with van der Waals surface area (Å²) < 4.78 is 11.3. The number of thiocarbonyl (C=S) groups is 1. The van der Waals surface area contributed by atoms with Gasteiger partial charge in [-0.2, -0.15) is 0 Å². The Hall–Kier alpha value is -2.61. The fourth-order valence-electron chi connectivity index (χ4n) is 3.58. The molecule has 160 valence electrons. The van der Waals surface area contributed by atoms with Crippen molar-refractivity contribution < 1.29 is 13.9 Å². The molecular weight excluding hydrogens is 457 g/mol. The fourth-order valence-corrected chi connectivity index (χ4v) is 4.28. The van der Waals surface area contributed by atoms with Gasteiger partial charge in [0.2, 0.25) is 0 Å². The third kappa shape index (κ3) is 4.39. The predicted molar refractivity (Wildman–Crippen MR) is 123 cm³/mol. The van der Waals surface area contributed by atoms with E-state index in [1.807, 2.05) is 42.5 Å². The first kappa shape index (κ1) is 21.6. The maximum Gasteiger partial charge on any atom is 0.325 e. The van der Waals surface area contributed by atoms with Crippen LogP contribution < -0.4 is 5.32 Å². The Morgan fingerprint density at radius 3 is 2.81 bits per heavy atom. The Labute approximate surface area is 195 Å². The van der Waals surface area contributed by atoms with Crippen LogP contribution in [0.3, 0.4) is 0 Å². The first-order chi connectivity index (χ1) is 15.0. The maximum absolute atomic E-state index is 12.2. The first-order valence-electron chi connectivity index (χ1n) is 9.67. The lowest BCUT2D eigenvalue weighted by atomic mass is 10.0. The van der Waals surface area contributed by atoms with Crippen LogP contribution in [0.1, 0.15) is 30.5 Å². The van der Waals surface area contributed by atoms with Gasteiger partial charge in [-0.25, -0.2) is 0 Å². The van der Waals surface area contributed by atoms with E-state index in [9.17, 15) is 4.79 Å². The lowest BCUT2D eigenvalue weighted by molar-refractivity contribution is -0.143. The van der Waals surface area contributed by atoms with E-state index < -0.39 is 6.04 Å². The molecule has 0 amide bonds. The second-order valence-corrected chi connectivity index (χ2v) is 8.03. The van der Waals surface area contributed by atoms with Gasteiger partial charge in [-0.1, -0.05) is 35.3 Å². The number of esters is 1. The SMILES string of the molecule is CCOC(=O)CN1C(=S)N[C@H](c2ccccn2)[C@@H]1c1ccc(-c2cccc(Cl)c2Cl)o1. The molecule has 9 heteroatoms. The van der Waals surface area contributed by atoms with Gasteiger partial charge in [0.1, 0.15) is 24.1 Å². The Bertz CT molecular complexity index is 1110. The number of nitrogens with one attached hydrogen (secondary N) is 1. The van der Waals surface area contributed by atoms with Crippen LogP contribution in [0, 0.1) is 0 Å². The topological polar surface area (TPSA) is 67.6 Å². The molecule has 1 aliphatic rings. The van der Waals surface area contributed by atoms with E-state index in [1.54, 1.807) is 24.1 Å². The number of carbonyl (C=O) groups is 1. The van der Waals surface area contributed by atoms with E-state index in [2.05, 4.69) is 10.3 Å². The van der Waals surface area contributed by atoms with Crippen molar-refractivity contribution in [1.29, 1.82) is 0 Å². The Balaban J connectivity index is 1.73. The van der Waals surface area contributed by atoms with Gasteiger partial charge in [0, 0.05) is 11.8 Å². The molecule has 6 nitrogen and oxygen atoms in total. The Morgan fingerprint density at radius 1 is 1.23 bits per heavy atom. The maximum atomic E-state index is 12.2. The van der Waals surface area contributed by atoms with Crippen molar-refractivity contribution in [2.75, 3.05) is 13.2 Å². The van der Waals surface area contributed by atoms with Crippen LogP contribution in [0.2, 0.25) is 10.0 Å². The Morgan fingerprint density at radius 2 is 2.06 bits per heavy atom. The van der Waals surface area contributed by atoms with Gasteiger partial charge in [-0.05, 0) is 55.5 Å². The number of rotatable bonds is 6. The van der Waals surface area contributed by atoms with Gasteiger partial charge in [-0.15, -0.1) is 0 Å². The third-order valence-corrected chi connectivity index (χ3v) is 6.11. The van der Waals surface area contributed by atoms with Crippen LogP contribution in [0.5, 0.6) is 0 Å². The molecule has 2 aromatic heterocycles. The molecule has 1 N–H and O–H groups in total. The normalized spacial score (nSPS) is 18.2. The number of halogens is 2. The highest BCUT2D eigenvalue weighted by atomic mass is 35.5.